The highest BCUT2D eigenvalue weighted by molar-refractivity contribution is 6.06. The van der Waals surface area contributed by atoms with Gasteiger partial charge in [-0.3, -0.25) is 4.79 Å². The van der Waals surface area contributed by atoms with E-state index in [1.54, 1.807) is 31.2 Å². The van der Waals surface area contributed by atoms with Gasteiger partial charge >= 0.3 is 5.97 Å². The van der Waals surface area contributed by atoms with Crippen molar-refractivity contribution in [3.63, 3.8) is 0 Å². The van der Waals surface area contributed by atoms with Crippen LogP contribution < -0.4 is 10.6 Å². The highest BCUT2D eigenvalue weighted by Crippen LogP contribution is 2.11. The van der Waals surface area contributed by atoms with E-state index < -0.39 is 11.9 Å². The molecule has 6 nitrogen and oxygen atoms in total. The zero-order valence-corrected chi connectivity index (χ0v) is 15.1. The number of esters is 1. The molecule has 2 aromatic rings. The van der Waals surface area contributed by atoms with Crippen LogP contribution in [-0.2, 0) is 16.0 Å². The third-order valence-corrected chi connectivity index (χ3v) is 3.67. The number of carbonyl (C=O) groups excluding carboxylic acids is 2. The quantitative estimate of drug-likeness (QED) is 0.326. The van der Waals surface area contributed by atoms with E-state index in [0.29, 0.717) is 24.4 Å². The van der Waals surface area contributed by atoms with Crippen LogP contribution in [0.2, 0.25) is 0 Å². The van der Waals surface area contributed by atoms with Gasteiger partial charge in [0.05, 0.1) is 12.2 Å². The van der Waals surface area contributed by atoms with E-state index in [1.165, 1.54) is 11.8 Å². The van der Waals surface area contributed by atoms with Crippen molar-refractivity contribution < 1.29 is 14.3 Å². The molecule has 138 valence electrons. The first kappa shape index (κ1) is 19.7. The highest BCUT2D eigenvalue weighted by atomic mass is 16.5. The van der Waals surface area contributed by atoms with E-state index in [2.05, 4.69) is 10.6 Å². The fourth-order valence-corrected chi connectivity index (χ4v) is 2.29. The van der Waals surface area contributed by atoms with Crippen molar-refractivity contribution in [3.8, 4) is 6.07 Å². The Bertz CT molecular complexity index is 837. The number of anilines is 1. The van der Waals surface area contributed by atoms with Gasteiger partial charge in [0, 0.05) is 18.4 Å². The molecule has 1 amide bonds. The molecule has 0 saturated heterocycles. The second-order valence-corrected chi connectivity index (χ2v) is 5.61. The summed E-state index contributed by atoms with van der Waals surface area (Å²) in [6.07, 6.45) is 2.19. The van der Waals surface area contributed by atoms with Crippen LogP contribution in [0, 0.1) is 11.3 Å². The van der Waals surface area contributed by atoms with Crippen molar-refractivity contribution in [1.29, 1.82) is 5.26 Å². The minimum atomic E-state index is -0.520. The molecule has 0 aromatic heterocycles. The van der Waals surface area contributed by atoms with Gasteiger partial charge < -0.3 is 15.4 Å². The molecule has 0 aliphatic heterocycles. The third-order valence-electron chi connectivity index (χ3n) is 3.67. The average Bonchev–Trinajstić information content (AvgIpc) is 2.69. The number of rotatable bonds is 8. The first-order valence-corrected chi connectivity index (χ1v) is 8.60. The molecular weight excluding hydrogens is 342 g/mol. The van der Waals surface area contributed by atoms with E-state index in [9.17, 15) is 14.9 Å². The molecule has 0 atom stereocenters. The maximum absolute atomic E-state index is 12.2. The molecule has 2 N–H and O–H groups in total. The number of nitrogens with zero attached hydrogens (tertiary/aromatic N) is 1. The maximum Gasteiger partial charge on any atom is 0.338 e. The Morgan fingerprint density at radius 3 is 2.44 bits per heavy atom. The van der Waals surface area contributed by atoms with Crippen LogP contribution in [0.3, 0.4) is 0 Å². The van der Waals surface area contributed by atoms with E-state index >= 15 is 0 Å². The molecule has 0 fully saturated rings. The van der Waals surface area contributed by atoms with Crippen LogP contribution in [-0.4, -0.2) is 25.0 Å². The zero-order valence-electron chi connectivity index (χ0n) is 15.1. The summed E-state index contributed by atoms with van der Waals surface area (Å²) in [6, 6.07) is 18.1. The number of amides is 1. The first-order valence-electron chi connectivity index (χ1n) is 8.60. The summed E-state index contributed by atoms with van der Waals surface area (Å²) in [7, 11) is 0. The Morgan fingerprint density at radius 2 is 1.81 bits per heavy atom. The molecular formula is C21H21N3O3. The molecule has 27 heavy (non-hydrogen) atoms. The summed E-state index contributed by atoms with van der Waals surface area (Å²) in [5, 5.41) is 14.8. The number of nitrogens with one attached hydrogen (secondary N) is 2. The van der Waals surface area contributed by atoms with Gasteiger partial charge in [-0.2, -0.15) is 5.26 Å². The number of hydrogen-bond donors (Lipinski definition) is 2. The number of hydrogen-bond acceptors (Lipinski definition) is 5. The fourth-order valence-electron chi connectivity index (χ4n) is 2.29. The van der Waals surface area contributed by atoms with Crippen LogP contribution in [0.25, 0.3) is 0 Å². The van der Waals surface area contributed by atoms with E-state index in [4.69, 9.17) is 4.74 Å². The lowest BCUT2D eigenvalue weighted by molar-refractivity contribution is -0.112. The lowest BCUT2D eigenvalue weighted by Gasteiger charge is -2.07. The van der Waals surface area contributed by atoms with E-state index in [1.807, 2.05) is 36.4 Å². The monoisotopic (exact) mass is 363 g/mol. The predicted octanol–water partition coefficient (Wildman–Crippen LogP) is 3.04. The molecule has 0 radical (unpaired) electrons. The second kappa shape index (κ2) is 10.4. The summed E-state index contributed by atoms with van der Waals surface area (Å²) >= 11 is 0. The highest BCUT2D eigenvalue weighted by Gasteiger charge is 2.10. The van der Waals surface area contributed by atoms with Gasteiger partial charge in [0.1, 0.15) is 11.6 Å². The second-order valence-electron chi connectivity index (χ2n) is 5.61. The normalized spacial score (nSPS) is 10.6. The van der Waals surface area contributed by atoms with Crippen molar-refractivity contribution in [2.24, 2.45) is 0 Å². The molecule has 2 aromatic carbocycles. The molecule has 6 heteroatoms. The number of benzene rings is 2. The summed E-state index contributed by atoms with van der Waals surface area (Å²) in [6.45, 7) is 2.64. The number of carbonyl (C=O) groups is 2. The Hall–Kier alpha value is -3.59. The van der Waals surface area contributed by atoms with Crippen LogP contribution in [0.4, 0.5) is 5.69 Å². The van der Waals surface area contributed by atoms with Gasteiger partial charge in [-0.1, -0.05) is 30.3 Å². The summed E-state index contributed by atoms with van der Waals surface area (Å²) < 4.78 is 4.90. The maximum atomic E-state index is 12.2. The Kier molecular flexibility index (Phi) is 7.61. The number of ether oxygens (including phenoxy) is 1. The lowest BCUT2D eigenvalue weighted by atomic mass is 10.1. The molecule has 0 heterocycles. The van der Waals surface area contributed by atoms with Gasteiger partial charge in [0.25, 0.3) is 5.91 Å². The van der Waals surface area contributed by atoms with Crippen molar-refractivity contribution in [2.45, 2.75) is 13.3 Å². The van der Waals surface area contributed by atoms with Gasteiger partial charge in [0.2, 0.25) is 0 Å². The SMILES string of the molecule is CCOC(=O)c1ccc(NC(=O)/C(C#N)=C\NCCc2ccccc2)cc1. The van der Waals surface area contributed by atoms with Gasteiger partial charge in [0.15, 0.2) is 0 Å². The average molecular weight is 363 g/mol. The minimum absolute atomic E-state index is 0.0301. The van der Waals surface area contributed by atoms with Gasteiger partial charge in [-0.15, -0.1) is 0 Å². The van der Waals surface area contributed by atoms with Crippen LogP contribution in [0.5, 0.6) is 0 Å². The molecule has 0 aliphatic rings. The summed E-state index contributed by atoms with van der Waals surface area (Å²) in [5.74, 6) is -0.941. The largest absolute Gasteiger partial charge is 0.462 e. The molecule has 0 spiro atoms. The van der Waals surface area contributed by atoms with Crippen molar-refractivity contribution >= 4 is 17.6 Å². The van der Waals surface area contributed by atoms with Gasteiger partial charge in [-0.05, 0) is 43.2 Å². The van der Waals surface area contributed by atoms with Gasteiger partial charge in [-0.25, -0.2) is 4.79 Å². The van der Waals surface area contributed by atoms with E-state index in [-0.39, 0.29) is 5.57 Å². The Morgan fingerprint density at radius 1 is 1.11 bits per heavy atom. The lowest BCUT2D eigenvalue weighted by Crippen LogP contribution is -2.18. The fraction of sp³-hybridized carbons (Fsp3) is 0.190. The standard InChI is InChI=1S/C21H21N3O3/c1-2-27-21(26)17-8-10-19(11-9-17)24-20(25)18(14-22)15-23-13-12-16-6-4-3-5-7-16/h3-11,15,23H,2,12-13H2,1H3,(H,24,25)/b18-15-. The summed E-state index contributed by atoms with van der Waals surface area (Å²) in [4.78, 5) is 23.8. The molecule has 0 unspecified atom stereocenters. The molecule has 0 aliphatic carbocycles. The predicted molar refractivity (Wildman–Crippen MR) is 103 cm³/mol. The number of nitriles is 1. The smallest absolute Gasteiger partial charge is 0.338 e. The molecule has 0 bridgehead atoms. The van der Waals surface area contributed by atoms with Crippen molar-refractivity contribution in [3.05, 3.63) is 77.5 Å². The van der Waals surface area contributed by atoms with Crippen LogP contribution in [0.15, 0.2) is 66.4 Å². The Labute approximate surface area is 158 Å². The van der Waals surface area contributed by atoms with Crippen LogP contribution in [0.1, 0.15) is 22.8 Å². The zero-order chi connectivity index (χ0) is 19.5. The third kappa shape index (κ3) is 6.33. The molecule has 0 saturated carbocycles. The van der Waals surface area contributed by atoms with E-state index in [0.717, 1.165) is 6.42 Å². The first-order chi connectivity index (χ1) is 13.1. The van der Waals surface area contributed by atoms with Crippen molar-refractivity contribution in [1.82, 2.24) is 5.32 Å². The Balaban J connectivity index is 1.88. The summed E-state index contributed by atoms with van der Waals surface area (Å²) in [5.41, 5.74) is 2.02. The van der Waals surface area contributed by atoms with Crippen LogP contribution >= 0.6 is 0 Å². The minimum Gasteiger partial charge on any atom is -0.462 e. The topological polar surface area (TPSA) is 91.2 Å². The molecule has 2 rings (SSSR count). The van der Waals surface area contributed by atoms with Crippen molar-refractivity contribution in [2.75, 3.05) is 18.5 Å².